The molecule has 19 heavy (non-hydrogen) atoms. The summed E-state index contributed by atoms with van der Waals surface area (Å²) < 4.78 is 5.64. The molecule has 2 nitrogen and oxygen atoms in total. The van der Waals surface area contributed by atoms with Gasteiger partial charge < -0.3 is 10.1 Å². The van der Waals surface area contributed by atoms with Crippen molar-refractivity contribution >= 4 is 11.6 Å². The summed E-state index contributed by atoms with van der Waals surface area (Å²) in [6, 6.07) is 6.85. The molecule has 0 amide bonds. The summed E-state index contributed by atoms with van der Waals surface area (Å²) in [4.78, 5) is 0. The Morgan fingerprint density at radius 1 is 1.21 bits per heavy atom. The largest absolute Gasteiger partial charge is 0.381 e. The Morgan fingerprint density at radius 2 is 2.05 bits per heavy atom. The molecule has 3 rings (SSSR count). The summed E-state index contributed by atoms with van der Waals surface area (Å²) >= 11 is 6.03. The first-order valence-corrected chi connectivity index (χ1v) is 7.77. The van der Waals surface area contributed by atoms with Crippen LogP contribution in [0.25, 0.3) is 0 Å². The molecule has 104 valence electrons. The summed E-state index contributed by atoms with van der Waals surface area (Å²) in [5, 5.41) is 4.48. The van der Waals surface area contributed by atoms with Gasteiger partial charge in [-0.2, -0.15) is 0 Å². The average molecular weight is 280 g/mol. The van der Waals surface area contributed by atoms with Gasteiger partial charge >= 0.3 is 0 Å². The number of ether oxygens (including phenoxy) is 1. The van der Waals surface area contributed by atoms with Gasteiger partial charge in [-0.05, 0) is 67.8 Å². The molecule has 1 aromatic carbocycles. The fourth-order valence-electron chi connectivity index (χ4n) is 2.75. The zero-order valence-electron chi connectivity index (χ0n) is 11.3. The molecule has 0 aliphatic heterocycles. The van der Waals surface area contributed by atoms with Gasteiger partial charge in [-0.3, -0.25) is 0 Å². The van der Waals surface area contributed by atoms with Gasteiger partial charge in [0.2, 0.25) is 0 Å². The van der Waals surface area contributed by atoms with Crippen molar-refractivity contribution in [3.8, 4) is 0 Å². The Balaban J connectivity index is 1.31. The van der Waals surface area contributed by atoms with Crippen LogP contribution in [0.3, 0.4) is 0 Å². The number of hydrogen-bond acceptors (Lipinski definition) is 2. The van der Waals surface area contributed by atoms with Gasteiger partial charge in [0.1, 0.15) is 0 Å². The molecule has 0 radical (unpaired) electrons. The second-order valence-corrected chi connectivity index (χ2v) is 6.28. The highest BCUT2D eigenvalue weighted by molar-refractivity contribution is 6.30. The zero-order chi connectivity index (χ0) is 13.1. The number of rotatable bonds is 7. The van der Waals surface area contributed by atoms with E-state index in [-0.39, 0.29) is 0 Å². The summed E-state index contributed by atoms with van der Waals surface area (Å²) in [5.74, 6) is 0.877. The highest BCUT2D eigenvalue weighted by Gasteiger charge is 2.22. The molecule has 0 spiro atoms. The highest BCUT2D eigenvalue weighted by atomic mass is 35.5. The maximum atomic E-state index is 6.03. The molecule has 1 aromatic rings. The van der Waals surface area contributed by atoms with Crippen LogP contribution in [0.2, 0.25) is 5.02 Å². The molecule has 0 heterocycles. The molecule has 1 unspecified atom stereocenters. The molecule has 0 bridgehead atoms. The van der Waals surface area contributed by atoms with Crippen LogP contribution in [0.4, 0.5) is 0 Å². The van der Waals surface area contributed by atoms with Crippen molar-refractivity contribution < 1.29 is 4.74 Å². The molecule has 0 saturated heterocycles. The molecular formula is C16H22ClNO. The fraction of sp³-hybridized carbons (Fsp3) is 0.625. The van der Waals surface area contributed by atoms with E-state index in [1.807, 2.05) is 6.07 Å². The topological polar surface area (TPSA) is 21.3 Å². The van der Waals surface area contributed by atoms with E-state index < -0.39 is 0 Å². The monoisotopic (exact) mass is 279 g/mol. The third-order valence-electron chi connectivity index (χ3n) is 4.05. The van der Waals surface area contributed by atoms with Crippen LogP contribution in [-0.2, 0) is 17.6 Å². The van der Waals surface area contributed by atoms with Gasteiger partial charge in [0.15, 0.2) is 0 Å². The molecular weight excluding hydrogens is 258 g/mol. The van der Waals surface area contributed by atoms with Crippen LogP contribution in [0, 0.1) is 5.92 Å². The summed E-state index contributed by atoms with van der Waals surface area (Å²) in [6.07, 6.45) is 6.11. The summed E-state index contributed by atoms with van der Waals surface area (Å²) in [7, 11) is 0. The van der Waals surface area contributed by atoms with Crippen molar-refractivity contribution in [1.29, 1.82) is 0 Å². The minimum absolute atomic E-state index is 0.580. The lowest BCUT2D eigenvalue weighted by Gasteiger charge is -2.11. The standard InChI is InChI=1S/C16H22ClNO/c17-15-5-4-13-9-16(10-14(13)8-15)18-6-1-7-19-11-12-2-3-12/h4-5,8,12,16,18H,1-3,6-7,9-11H2. The Labute approximate surface area is 120 Å². The van der Waals surface area contributed by atoms with Gasteiger partial charge in [-0.15, -0.1) is 0 Å². The quantitative estimate of drug-likeness (QED) is 0.774. The number of fused-ring (bicyclic) bond motifs is 1. The fourth-order valence-corrected chi connectivity index (χ4v) is 2.94. The molecule has 1 saturated carbocycles. The first-order valence-electron chi connectivity index (χ1n) is 7.39. The van der Waals surface area contributed by atoms with Crippen LogP contribution in [0.15, 0.2) is 18.2 Å². The maximum absolute atomic E-state index is 6.03. The number of benzene rings is 1. The van der Waals surface area contributed by atoms with Crippen LogP contribution in [-0.4, -0.2) is 25.8 Å². The molecule has 3 heteroatoms. The van der Waals surface area contributed by atoms with Crippen molar-refractivity contribution in [2.45, 2.75) is 38.1 Å². The number of hydrogen-bond donors (Lipinski definition) is 1. The van der Waals surface area contributed by atoms with E-state index in [1.54, 1.807) is 0 Å². The summed E-state index contributed by atoms with van der Waals surface area (Å²) in [6.45, 7) is 2.93. The van der Waals surface area contributed by atoms with E-state index in [4.69, 9.17) is 16.3 Å². The molecule has 1 fully saturated rings. The zero-order valence-corrected chi connectivity index (χ0v) is 12.1. The van der Waals surface area contributed by atoms with Gasteiger partial charge in [-0.25, -0.2) is 0 Å². The Kier molecular flexibility index (Phi) is 4.42. The van der Waals surface area contributed by atoms with E-state index in [0.717, 1.165) is 50.0 Å². The van der Waals surface area contributed by atoms with Crippen molar-refractivity contribution in [2.75, 3.05) is 19.8 Å². The highest BCUT2D eigenvalue weighted by Crippen LogP contribution is 2.28. The number of halogens is 1. The normalized spacial score (nSPS) is 21.6. The van der Waals surface area contributed by atoms with Crippen LogP contribution >= 0.6 is 11.6 Å². The van der Waals surface area contributed by atoms with E-state index in [9.17, 15) is 0 Å². The minimum Gasteiger partial charge on any atom is -0.381 e. The third-order valence-corrected chi connectivity index (χ3v) is 4.28. The lowest BCUT2D eigenvalue weighted by Crippen LogP contribution is -2.30. The SMILES string of the molecule is Clc1ccc2c(c1)CC(NCCCOCC1CC1)C2. The van der Waals surface area contributed by atoms with E-state index in [0.29, 0.717) is 6.04 Å². The van der Waals surface area contributed by atoms with E-state index in [1.165, 1.54) is 24.0 Å². The van der Waals surface area contributed by atoms with Gasteiger partial charge in [0.05, 0.1) is 0 Å². The lowest BCUT2D eigenvalue weighted by atomic mass is 10.1. The predicted molar refractivity (Wildman–Crippen MR) is 78.8 cm³/mol. The first-order chi connectivity index (χ1) is 9.31. The van der Waals surface area contributed by atoms with E-state index in [2.05, 4.69) is 17.4 Å². The molecule has 0 aromatic heterocycles. The van der Waals surface area contributed by atoms with Crippen molar-refractivity contribution in [2.24, 2.45) is 5.92 Å². The van der Waals surface area contributed by atoms with Crippen LogP contribution < -0.4 is 5.32 Å². The predicted octanol–water partition coefficient (Wildman–Crippen LogP) is 3.21. The van der Waals surface area contributed by atoms with Crippen LogP contribution in [0.5, 0.6) is 0 Å². The maximum Gasteiger partial charge on any atom is 0.0494 e. The molecule has 2 aliphatic rings. The Bertz CT molecular complexity index is 431. The van der Waals surface area contributed by atoms with Gasteiger partial charge in [-0.1, -0.05) is 17.7 Å². The van der Waals surface area contributed by atoms with E-state index >= 15 is 0 Å². The number of nitrogens with one attached hydrogen (secondary N) is 1. The molecule has 1 atom stereocenters. The van der Waals surface area contributed by atoms with Crippen molar-refractivity contribution in [3.63, 3.8) is 0 Å². The minimum atomic E-state index is 0.580. The smallest absolute Gasteiger partial charge is 0.0494 e. The van der Waals surface area contributed by atoms with Crippen molar-refractivity contribution in [1.82, 2.24) is 5.32 Å². The lowest BCUT2D eigenvalue weighted by molar-refractivity contribution is 0.121. The first kappa shape index (κ1) is 13.4. The Morgan fingerprint density at radius 3 is 2.89 bits per heavy atom. The van der Waals surface area contributed by atoms with Gasteiger partial charge in [0, 0.05) is 24.3 Å². The third kappa shape index (κ3) is 3.95. The molecule has 2 aliphatic carbocycles. The second kappa shape index (κ2) is 6.25. The summed E-state index contributed by atoms with van der Waals surface area (Å²) in [5.41, 5.74) is 2.86. The van der Waals surface area contributed by atoms with Crippen LogP contribution in [0.1, 0.15) is 30.4 Å². The van der Waals surface area contributed by atoms with Gasteiger partial charge in [0.25, 0.3) is 0 Å². The van der Waals surface area contributed by atoms with Crippen molar-refractivity contribution in [3.05, 3.63) is 34.3 Å². The second-order valence-electron chi connectivity index (χ2n) is 5.84. The average Bonchev–Trinajstić information content (AvgIpc) is 3.13. The molecule has 1 N–H and O–H groups in total. The Hall–Kier alpha value is -0.570.